The molecular weight excluding hydrogens is 177 g/mol. The molecule has 0 aliphatic rings. The summed E-state index contributed by atoms with van der Waals surface area (Å²) >= 11 is 0. The number of carbonyl (C=O) groups is 1. The average molecular weight is 184 g/mol. The van der Waals surface area contributed by atoms with Gasteiger partial charge < -0.3 is 4.74 Å². The monoisotopic (exact) mass is 184 g/mol. The summed E-state index contributed by atoms with van der Waals surface area (Å²) in [5.74, 6) is -0.527. The molecule has 5 heteroatoms. The molecule has 13 heavy (non-hydrogen) atoms. The molecule has 1 aromatic carbocycles. The van der Waals surface area contributed by atoms with E-state index in [9.17, 15) is 13.4 Å². The molecular formula is C8H7BF2O2. The Hall–Kier alpha value is -1.39. The third-order valence-corrected chi connectivity index (χ3v) is 1.58. The number of hydrogen-bond donors (Lipinski definition) is 0. The van der Waals surface area contributed by atoms with Crippen LogP contribution in [-0.2, 0) is 4.74 Å². The minimum Gasteiger partial charge on any atom is -0.465 e. The second kappa shape index (κ2) is 4.02. The summed E-state index contributed by atoms with van der Waals surface area (Å²) in [6, 6.07) is 5.04. The molecule has 0 amide bonds. The highest BCUT2D eigenvalue weighted by Crippen LogP contribution is 2.00. The van der Waals surface area contributed by atoms with Gasteiger partial charge >= 0.3 is 13.2 Å². The van der Waals surface area contributed by atoms with Crippen LogP contribution in [0.2, 0.25) is 0 Å². The van der Waals surface area contributed by atoms with Gasteiger partial charge in [-0.1, -0.05) is 12.1 Å². The molecule has 0 spiro atoms. The minimum absolute atomic E-state index is 0.104. The highest BCUT2D eigenvalue weighted by molar-refractivity contribution is 6.59. The first-order valence-electron chi connectivity index (χ1n) is 3.61. The SMILES string of the molecule is COC(=O)c1ccc(B(F)F)cc1. The molecule has 0 fully saturated rings. The zero-order valence-corrected chi connectivity index (χ0v) is 6.96. The van der Waals surface area contributed by atoms with Gasteiger partial charge in [0.15, 0.2) is 0 Å². The van der Waals surface area contributed by atoms with E-state index in [-0.39, 0.29) is 11.0 Å². The number of ether oxygens (including phenoxy) is 1. The summed E-state index contributed by atoms with van der Waals surface area (Å²) in [6.07, 6.45) is 0. The predicted molar refractivity (Wildman–Crippen MR) is 45.4 cm³/mol. The van der Waals surface area contributed by atoms with Crippen molar-refractivity contribution in [3.63, 3.8) is 0 Å². The first-order chi connectivity index (χ1) is 6.15. The standard InChI is InChI=1S/C8H7BF2O2/c1-13-8(12)6-2-4-7(5-3-6)9(10)11/h2-5H,1H3. The maximum absolute atomic E-state index is 12.1. The third kappa shape index (κ3) is 2.27. The fourth-order valence-corrected chi connectivity index (χ4v) is 0.883. The molecule has 68 valence electrons. The lowest BCUT2D eigenvalue weighted by Crippen LogP contribution is -2.20. The van der Waals surface area contributed by atoms with Gasteiger partial charge in [0.05, 0.1) is 12.7 Å². The maximum Gasteiger partial charge on any atom is 0.571 e. The van der Waals surface area contributed by atoms with Crippen LogP contribution in [0.25, 0.3) is 0 Å². The second-order valence-electron chi connectivity index (χ2n) is 2.41. The Morgan fingerprint density at radius 3 is 2.23 bits per heavy atom. The maximum atomic E-state index is 12.1. The smallest absolute Gasteiger partial charge is 0.465 e. The molecule has 0 aliphatic heterocycles. The summed E-state index contributed by atoms with van der Waals surface area (Å²) in [5.41, 5.74) is 0.166. The summed E-state index contributed by atoms with van der Waals surface area (Å²) < 4.78 is 28.5. The molecule has 0 radical (unpaired) electrons. The first-order valence-corrected chi connectivity index (χ1v) is 3.61. The molecule has 0 saturated carbocycles. The summed E-state index contributed by atoms with van der Waals surface area (Å²) in [4.78, 5) is 10.9. The summed E-state index contributed by atoms with van der Waals surface area (Å²) in [6.45, 7) is 0. The van der Waals surface area contributed by atoms with Gasteiger partial charge in [0.2, 0.25) is 0 Å². The topological polar surface area (TPSA) is 26.3 Å². The lowest BCUT2D eigenvalue weighted by molar-refractivity contribution is 0.0601. The van der Waals surface area contributed by atoms with Gasteiger partial charge in [-0.2, -0.15) is 0 Å². The van der Waals surface area contributed by atoms with Gasteiger partial charge in [0.1, 0.15) is 0 Å². The van der Waals surface area contributed by atoms with Gasteiger partial charge in [-0.05, 0) is 17.6 Å². The van der Waals surface area contributed by atoms with E-state index in [1.165, 1.54) is 31.4 Å². The van der Waals surface area contributed by atoms with Gasteiger partial charge in [-0.25, -0.2) is 4.79 Å². The Labute approximate surface area is 74.7 Å². The number of methoxy groups -OCH3 is 1. The minimum atomic E-state index is -2.51. The van der Waals surface area contributed by atoms with Crippen LogP contribution in [0.3, 0.4) is 0 Å². The highest BCUT2D eigenvalue weighted by Gasteiger charge is 2.16. The number of benzene rings is 1. The van der Waals surface area contributed by atoms with Crippen molar-refractivity contribution in [1.82, 2.24) is 0 Å². The third-order valence-electron chi connectivity index (χ3n) is 1.58. The van der Waals surface area contributed by atoms with Crippen LogP contribution in [0.4, 0.5) is 8.63 Å². The fraction of sp³-hybridized carbons (Fsp3) is 0.125. The van der Waals surface area contributed by atoms with Crippen molar-refractivity contribution in [2.24, 2.45) is 0 Å². The quantitative estimate of drug-likeness (QED) is 0.508. The van der Waals surface area contributed by atoms with E-state index >= 15 is 0 Å². The van der Waals surface area contributed by atoms with Crippen molar-refractivity contribution >= 4 is 18.7 Å². The van der Waals surface area contributed by atoms with E-state index in [4.69, 9.17) is 0 Å². The van der Waals surface area contributed by atoms with E-state index in [1.807, 2.05) is 0 Å². The zero-order chi connectivity index (χ0) is 9.84. The molecule has 0 bridgehead atoms. The van der Waals surface area contributed by atoms with E-state index in [0.717, 1.165) is 0 Å². The first kappa shape index (κ1) is 9.70. The molecule has 0 aromatic heterocycles. The van der Waals surface area contributed by atoms with E-state index in [1.54, 1.807) is 0 Å². The number of hydrogen-bond acceptors (Lipinski definition) is 2. The summed E-state index contributed by atoms with van der Waals surface area (Å²) in [7, 11) is -1.27. The van der Waals surface area contributed by atoms with Crippen molar-refractivity contribution in [2.45, 2.75) is 0 Å². The van der Waals surface area contributed by atoms with Crippen LogP contribution < -0.4 is 5.46 Å². The molecule has 0 aliphatic carbocycles. The number of rotatable bonds is 2. The molecule has 0 N–H and O–H groups in total. The fourth-order valence-electron chi connectivity index (χ4n) is 0.883. The molecule has 0 heterocycles. The zero-order valence-electron chi connectivity index (χ0n) is 6.96. The van der Waals surface area contributed by atoms with Crippen LogP contribution >= 0.6 is 0 Å². The Balaban J connectivity index is 2.87. The Bertz CT molecular complexity index is 298. The van der Waals surface area contributed by atoms with Gasteiger partial charge in [0.25, 0.3) is 0 Å². The van der Waals surface area contributed by atoms with Crippen LogP contribution in [0.5, 0.6) is 0 Å². The molecule has 0 atom stereocenters. The number of halogens is 2. The van der Waals surface area contributed by atoms with Gasteiger partial charge in [-0.15, -0.1) is 0 Å². The Morgan fingerprint density at radius 2 is 1.85 bits per heavy atom. The van der Waals surface area contributed by atoms with Gasteiger partial charge in [-0.3, -0.25) is 8.63 Å². The van der Waals surface area contributed by atoms with Crippen molar-refractivity contribution in [3.05, 3.63) is 29.8 Å². The molecule has 1 aromatic rings. The summed E-state index contributed by atoms with van der Waals surface area (Å²) in [5, 5.41) is 0. The van der Waals surface area contributed by atoms with Gasteiger partial charge in [0, 0.05) is 0 Å². The van der Waals surface area contributed by atoms with Crippen LogP contribution in [-0.4, -0.2) is 20.3 Å². The van der Waals surface area contributed by atoms with Crippen molar-refractivity contribution in [1.29, 1.82) is 0 Å². The lowest BCUT2D eigenvalue weighted by Gasteiger charge is -1.99. The van der Waals surface area contributed by atoms with Crippen LogP contribution in [0.1, 0.15) is 10.4 Å². The van der Waals surface area contributed by atoms with E-state index in [0.29, 0.717) is 0 Å². The van der Waals surface area contributed by atoms with Crippen molar-refractivity contribution in [2.75, 3.05) is 7.11 Å². The Morgan fingerprint density at radius 1 is 1.31 bits per heavy atom. The van der Waals surface area contributed by atoms with Crippen molar-refractivity contribution < 1.29 is 18.2 Å². The molecule has 0 unspecified atom stereocenters. The van der Waals surface area contributed by atoms with E-state index in [2.05, 4.69) is 4.74 Å². The van der Waals surface area contributed by atoms with Crippen LogP contribution in [0, 0.1) is 0 Å². The predicted octanol–water partition coefficient (Wildman–Crippen LogP) is 1.11. The molecule has 2 nitrogen and oxygen atoms in total. The molecule has 0 saturated heterocycles. The van der Waals surface area contributed by atoms with E-state index < -0.39 is 13.2 Å². The number of carbonyl (C=O) groups excluding carboxylic acids is 1. The lowest BCUT2D eigenvalue weighted by atomic mass is 9.86. The van der Waals surface area contributed by atoms with Crippen molar-refractivity contribution in [3.8, 4) is 0 Å². The highest BCUT2D eigenvalue weighted by atomic mass is 19.2. The molecule has 1 rings (SSSR count). The average Bonchev–Trinajstić information content (AvgIpc) is 2.17. The largest absolute Gasteiger partial charge is 0.571 e. The second-order valence-corrected chi connectivity index (χ2v) is 2.41. The van der Waals surface area contributed by atoms with Crippen LogP contribution in [0.15, 0.2) is 24.3 Å². The normalized spacial score (nSPS) is 9.46. The number of esters is 1. The Kier molecular flexibility index (Phi) is 3.00.